The Labute approximate surface area is 192 Å². The smallest absolute Gasteiger partial charge is 0.409 e. The highest BCUT2D eigenvalue weighted by atomic mass is 79.9. The van der Waals surface area contributed by atoms with Crippen LogP contribution in [0.15, 0.2) is 46.9 Å². The van der Waals surface area contributed by atoms with E-state index in [0.29, 0.717) is 28.0 Å². The van der Waals surface area contributed by atoms with Crippen molar-refractivity contribution in [1.82, 2.24) is 9.80 Å². The number of nitrogens with zero attached hydrogens (tertiary/aromatic N) is 2. The lowest BCUT2D eigenvalue weighted by molar-refractivity contribution is 0.0876. The first-order valence-electron chi connectivity index (χ1n) is 10.4. The third kappa shape index (κ3) is 6.63. The molecule has 0 aliphatic carbocycles. The number of likely N-dealkylation sites (N-methyl/N-ethyl adjacent to an activating group) is 1. The molecule has 3 rings (SSSR count). The fraction of sp³-hybridized carbons (Fsp3) is 0.417. The van der Waals surface area contributed by atoms with Crippen molar-refractivity contribution in [3.63, 3.8) is 0 Å². The molecule has 1 N–H and O–H groups in total. The first kappa shape index (κ1) is 23.4. The van der Waals surface area contributed by atoms with Gasteiger partial charge in [-0.3, -0.25) is 15.0 Å². The van der Waals surface area contributed by atoms with Crippen LogP contribution < -0.4 is 10.1 Å². The van der Waals surface area contributed by atoms with Crippen LogP contribution in [0.4, 0.5) is 10.5 Å². The number of rotatable bonds is 5. The number of carbonyl (C=O) groups excluding carboxylic acids is 2. The molecule has 6 nitrogen and oxygen atoms in total. The molecule has 0 bridgehead atoms. The van der Waals surface area contributed by atoms with Crippen LogP contribution in [0.2, 0.25) is 0 Å². The van der Waals surface area contributed by atoms with Gasteiger partial charge in [0.15, 0.2) is 5.78 Å². The summed E-state index contributed by atoms with van der Waals surface area (Å²) in [6.45, 7) is 10.5. The largest absolute Gasteiger partial charge is 0.417 e. The minimum absolute atomic E-state index is 0.000402. The highest BCUT2D eigenvalue weighted by molar-refractivity contribution is 9.10. The molecule has 1 heterocycles. The van der Waals surface area contributed by atoms with Gasteiger partial charge < -0.3 is 9.64 Å². The summed E-state index contributed by atoms with van der Waals surface area (Å²) < 4.78 is 6.17. The van der Waals surface area contributed by atoms with Gasteiger partial charge >= 0.3 is 6.09 Å². The zero-order chi connectivity index (χ0) is 22.6. The number of benzene rings is 2. The summed E-state index contributed by atoms with van der Waals surface area (Å²) in [5, 5.41) is 2.71. The fourth-order valence-corrected chi connectivity index (χ4v) is 3.82. The Bertz CT molecular complexity index is 947. The number of Topliss-reactive ketones (excluding diaryl/α,β-unsaturated/α-hetero) is 1. The molecule has 0 aromatic heterocycles. The van der Waals surface area contributed by atoms with Crippen LogP contribution in [0.5, 0.6) is 5.75 Å². The van der Waals surface area contributed by atoms with Gasteiger partial charge in [0.25, 0.3) is 0 Å². The average Bonchev–Trinajstić information content (AvgIpc) is 2.70. The minimum Gasteiger partial charge on any atom is -0.409 e. The molecule has 1 saturated heterocycles. The summed E-state index contributed by atoms with van der Waals surface area (Å²) in [6, 6.07) is 12.7. The van der Waals surface area contributed by atoms with Gasteiger partial charge in [-0.25, -0.2) is 4.79 Å². The predicted molar refractivity (Wildman–Crippen MR) is 127 cm³/mol. The Morgan fingerprint density at radius 2 is 1.77 bits per heavy atom. The summed E-state index contributed by atoms with van der Waals surface area (Å²) in [4.78, 5) is 29.5. The molecule has 2 aromatic rings. The zero-order valence-electron chi connectivity index (χ0n) is 18.6. The molecular weight excluding hydrogens is 458 g/mol. The van der Waals surface area contributed by atoms with Gasteiger partial charge in [-0.15, -0.1) is 0 Å². The molecule has 1 fully saturated rings. The van der Waals surface area contributed by atoms with E-state index in [2.05, 4.69) is 58.9 Å². The molecule has 0 spiro atoms. The van der Waals surface area contributed by atoms with E-state index >= 15 is 0 Å². The molecule has 0 radical (unpaired) electrons. The first-order valence-corrected chi connectivity index (χ1v) is 11.2. The van der Waals surface area contributed by atoms with Crippen LogP contribution >= 0.6 is 15.9 Å². The second-order valence-corrected chi connectivity index (χ2v) is 9.85. The van der Waals surface area contributed by atoms with E-state index in [1.165, 1.54) is 0 Å². The van der Waals surface area contributed by atoms with Crippen molar-refractivity contribution in [2.45, 2.75) is 26.2 Å². The second kappa shape index (κ2) is 9.94. The van der Waals surface area contributed by atoms with Crippen LogP contribution in [-0.2, 0) is 5.41 Å². The average molecular weight is 488 g/mol. The lowest BCUT2D eigenvalue weighted by Crippen LogP contribution is -2.46. The van der Waals surface area contributed by atoms with Gasteiger partial charge in [0.05, 0.1) is 11.0 Å². The van der Waals surface area contributed by atoms with Crippen LogP contribution in [0.3, 0.4) is 0 Å². The Balaban J connectivity index is 1.60. The number of amides is 1. The number of ketones is 1. The van der Waals surface area contributed by atoms with Crippen molar-refractivity contribution in [2.24, 2.45) is 0 Å². The number of hydrogen-bond donors (Lipinski definition) is 1. The third-order valence-electron chi connectivity index (χ3n) is 5.39. The SMILES string of the molecule is CN1CCN(CC(=O)c2cccc(NC(=O)Oc3ccc(C(C)(C)C)cc3Br)c2)CC1. The first-order chi connectivity index (χ1) is 14.6. The van der Waals surface area contributed by atoms with Crippen molar-refractivity contribution in [1.29, 1.82) is 0 Å². The fourth-order valence-electron chi connectivity index (χ4n) is 3.36. The zero-order valence-corrected chi connectivity index (χ0v) is 20.2. The molecule has 1 amide bonds. The van der Waals surface area contributed by atoms with E-state index in [4.69, 9.17) is 4.74 Å². The van der Waals surface area contributed by atoms with Gasteiger partial charge in [0.2, 0.25) is 0 Å². The van der Waals surface area contributed by atoms with Gasteiger partial charge in [-0.05, 0) is 58.2 Å². The molecule has 0 atom stereocenters. The van der Waals surface area contributed by atoms with Crippen molar-refractivity contribution < 1.29 is 14.3 Å². The molecular formula is C24H30BrN3O3. The number of ether oxygens (including phenoxy) is 1. The standard InChI is InChI=1S/C24H30BrN3O3/c1-24(2,3)18-8-9-22(20(25)15-18)31-23(30)26-19-7-5-6-17(14-19)21(29)16-28-12-10-27(4)11-13-28/h5-9,14-15H,10-13,16H2,1-4H3,(H,26,30). The number of carbonyl (C=O) groups is 2. The Morgan fingerprint density at radius 1 is 1.06 bits per heavy atom. The van der Waals surface area contributed by atoms with Crippen LogP contribution in [0.1, 0.15) is 36.7 Å². The van der Waals surface area contributed by atoms with Gasteiger partial charge in [0.1, 0.15) is 5.75 Å². The summed E-state index contributed by atoms with van der Waals surface area (Å²) >= 11 is 3.48. The molecule has 0 saturated carbocycles. The van der Waals surface area contributed by atoms with E-state index in [1.807, 2.05) is 12.1 Å². The second-order valence-electron chi connectivity index (χ2n) is 8.99. The van der Waals surface area contributed by atoms with Crippen LogP contribution in [0.25, 0.3) is 0 Å². The topological polar surface area (TPSA) is 61.9 Å². The number of nitrogens with one attached hydrogen (secondary N) is 1. The molecule has 31 heavy (non-hydrogen) atoms. The Hall–Kier alpha value is -2.22. The van der Waals surface area contributed by atoms with Crippen molar-refractivity contribution in [3.8, 4) is 5.75 Å². The monoisotopic (exact) mass is 487 g/mol. The maximum absolute atomic E-state index is 12.7. The molecule has 7 heteroatoms. The van der Waals surface area contributed by atoms with Gasteiger partial charge in [-0.1, -0.05) is 39.0 Å². The van der Waals surface area contributed by atoms with E-state index in [9.17, 15) is 9.59 Å². The van der Waals surface area contributed by atoms with Gasteiger partial charge in [-0.2, -0.15) is 0 Å². The summed E-state index contributed by atoms with van der Waals surface area (Å²) in [6.07, 6.45) is -0.604. The van der Waals surface area contributed by atoms with Crippen molar-refractivity contribution in [2.75, 3.05) is 45.1 Å². The van der Waals surface area contributed by atoms with Crippen LogP contribution in [-0.4, -0.2) is 61.4 Å². The lowest BCUT2D eigenvalue weighted by atomic mass is 9.87. The van der Waals surface area contributed by atoms with E-state index in [1.54, 1.807) is 30.3 Å². The van der Waals surface area contributed by atoms with E-state index < -0.39 is 6.09 Å². The number of anilines is 1. The van der Waals surface area contributed by atoms with Crippen LogP contribution in [0, 0.1) is 0 Å². The predicted octanol–water partition coefficient (Wildman–Crippen LogP) is 4.79. The summed E-state index contributed by atoms with van der Waals surface area (Å²) in [5.41, 5.74) is 2.24. The minimum atomic E-state index is -0.604. The quantitative estimate of drug-likeness (QED) is 0.614. The highest BCUT2D eigenvalue weighted by Gasteiger charge is 2.19. The Kier molecular flexibility index (Phi) is 7.51. The normalized spacial score (nSPS) is 15.5. The number of hydrogen-bond acceptors (Lipinski definition) is 5. The van der Waals surface area contributed by atoms with Crippen molar-refractivity contribution >= 4 is 33.5 Å². The molecule has 1 aliphatic heterocycles. The molecule has 1 aliphatic rings. The summed E-state index contributed by atoms with van der Waals surface area (Å²) in [7, 11) is 2.09. The lowest BCUT2D eigenvalue weighted by Gasteiger charge is -2.31. The summed E-state index contributed by atoms with van der Waals surface area (Å²) in [5.74, 6) is 0.481. The third-order valence-corrected chi connectivity index (χ3v) is 6.01. The molecule has 0 unspecified atom stereocenters. The number of halogens is 1. The molecule has 166 valence electrons. The van der Waals surface area contributed by atoms with Gasteiger partial charge in [0, 0.05) is 37.4 Å². The maximum atomic E-state index is 12.7. The number of piperazine rings is 1. The van der Waals surface area contributed by atoms with E-state index in [0.717, 1.165) is 31.7 Å². The Morgan fingerprint density at radius 3 is 2.42 bits per heavy atom. The maximum Gasteiger partial charge on any atom is 0.417 e. The molecule has 2 aromatic carbocycles. The van der Waals surface area contributed by atoms with E-state index in [-0.39, 0.29) is 11.2 Å². The highest BCUT2D eigenvalue weighted by Crippen LogP contribution is 2.31. The van der Waals surface area contributed by atoms with Crippen molar-refractivity contribution in [3.05, 3.63) is 58.1 Å².